The first-order chi connectivity index (χ1) is 6.66. The zero-order chi connectivity index (χ0) is 10.1. The van der Waals surface area contributed by atoms with Crippen LogP contribution in [-0.4, -0.2) is 19.9 Å². The Bertz CT molecular complexity index is 444. The normalized spacial score (nSPS) is 10.4. The quantitative estimate of drug-likeness (QED) is 0.696. The van der Waals surface area contributed by atoms with E-state index < -0.39 is 0 Å². The van der Waals surface area contributed by atoms with E-state index in [9.17, 15) is 5.11 Å². The van der Waals surface area contributed by atoms with Crippen LogP contribution in [-0.2, 0) is 7.05 Å². The number of nitrogens with zero attached hydrogens (tertiary/aromatic N) is 3. The Hall–Kier alpha value is -2.04. The minimum atomic E-state index is 0.188. The minimum Gasteiger partial charge on any atom is -0.508 e. The minimum absolute atomic E-state index is 0.188. The molecule has 0 bridgehead atoms. The molecule has 0 radical (unpaired) electrons. The third-order valence-electron chi connectivity index (χ3n) is 1.90. The van der Waals surface area contributed by atoms with Crippen LogP contribution >= 0.6 is 0 Å². The number of aromatic nitrogens is 3. The molecule has 1 aromatic heterocycles. The topological polar surface area (TPSA) is 77.0 Å². The van der Waals surface area contributed by atoms with E-state index in [4.69, 9.17) is 5.73 Å². The molecule has 0 amide bonds. The summed E-state index contributed by atoms with van der Waals surface area (Å²) in [6.07, 6.45) is 0. The van der Waals surface area contributed by atoms with E-state index in [-0.39, 0.29) is 5.75 Å². The Morgan fingerprint density at radius 1 is 1.43 bits per heavy atom. The molecule has 0 saturated carbocycles. The van der Waals surface area contributed by atoms with Crippen LogP contribution in [0.1, 0.15) is 0 Å². The molecule has 0 spiro atoms. The maximum atomic E-state index is 9.26. The maximum absolute atomic E-state index is 9.26. The molecule has 1 aromatic carbocycles. The Kier molecular flexibility index (Phi) is 1.85. The van der Waals surface area contributed by atoms with Gasteiger partial charge in [0.05, 0.1) is 0 Å². The Labute approximate surface area is 80.8 Å². The molecule has 0 atom stereocenters. The lowest BCUT2D eigenvalue weighted by Gasteiger charge is -1.94. The third-order valence-corrected chi connectivity index (χ3v) is 1.90. The van der Waals surface area contributed by atoms with Crippen molar-refractivity contribution in [2.45, 2.75) is 0 Å². The van der Waals surface area contributed by atoms with Crippen molar-refractivity contribution in [1.82, 2.24) is 14.8 Å². The molecular weight excluding hydrogens is 180 g/mol. The summed E-state index contributed by atoms with van der Waals surface area (Å²) in [5, 5.41) is 13.3. The summed E-state index contributed by atoms with van der Waals surface area (Å²) < 4.78 is 1.49. The first-order valence-corrected chi connectivity index (χ1v) is 4.13. The van der Waals surface area contributed by atoms with Gasteiger partial charge in [0.25, 0.3) is 0 Å². The van der Waals surface area contributed by atoms with Gasteiger partial charge in [-0.1, -0.05) is 12.1 Å². The molecule has 0 aliphatic rings. The second-order valence-electron chi connectivity index (χ2n) is 2.97. The van der Waals surface area contributed by atoms with Crippen LogP contribution in [0.25, 0.3) is 11.4 Å². The smallest absolute Gasteiger partial charge is 0.218 e. The fourth-order valence-electron chi connectivity index (χ4n) is 1.16. The Morgan fingerprint density at radius 2 is 2.21 bits per heavy atom. The summed E-state index contributed by atoms with van der Waals surface area (Å²) in [5.41, 5.74) is 6.29. The molecule has 5 heteroatoms. The average molecular weight is 190 g/mol. The van der Waals surface area contributed by atoms with Crippen molar-refractivity contribution >= 4 is 5.95 Å². The average Bonchev–Trinajstić information content (AvgIpc) is 2.47. The molecule has 72 valence electrons. The highest BCUT2D eigenvalue weighted by atomic mass is 16.3. The van der Waals surface area contributed by atoms with Crippen LogP contribution in [0, 0.1) is 0 Å². The Balaban J connectivity index is 2.49. The molecule has 0 saturated heterocycles. The molecule has 2 aromatic rings. The predicted molar refractivity (Wildman–Crippen MR) is 52.5 cm³/mol. The molecule has 0 aliphatic carbocycles. The summed E-state index contributed by atoms with van der Waals surface area (Å²) in [5.74, 6) is 1.05. The number of nitrogen functional groups attached to an aromatic ring is 1. The van der Waals surface area contributed by atoms with Crippen LogP contribution in [0.5, 0.6) is 5.75 Å². The highest BCUT2D eigenvalue weighted by molar-refractivity contribution is 5.58. The number of hydrogen-bond acceptors (Lipinski definition) is 4. The van der Waals surface area contributed by atoms with Gasteiger partial charge in [-0.3, -0.25) is 0 Å². The van der Waals surface area contributed by atoms with Gasteiger partial charge >= 0.3 is 0 Å². The van der Waals surface area contributed by atoms with E-state index in [1.165, 1.54) is 4.68 Å². The lowest BCUT2D eigenvalue weighted by Crippen LogP contribution is -1.97. The van der Waals surface area contributed by atoms with Gasteiger partial charge in [0.15, 0.2) is 5.82 Å². The Morgan fingerprint density at radius 3 is 2.79 bits per heavy atom. The lowest BCUT2D eigenvalue weighted by atomic mass is 10.2. The highest BCUT2D eigenvalue weighted by Gasteiger charge is 2.06. The van der Waals surface area contributed by atoms with Gasteiger partial charge in [0.2, 0.25) is 5.95 Å². The fraction of sp³-hybridized carbons (Fsp3) is 0.111. The number of aromatic hydroxyl groups is 1. The molecule has 3 N–H and O–H groups in total. The summed E-state index contributed by atoms with van der Waals surface area (Å²) in [6, 6.07) is 6.73. The fourth-order valence-corrected chi connectivity index (χ4v) is 1.16. The van der Waals surface area contributed by atoms with E-state index in [2.05, 4.69) is 10.1 Å². The molecule has 0 unspecified atom stereocenters. The van der Waals surface area contributed by atoms with Gasteiger partial charge in [-0.15, -0.1) is 5.10 Å². The first-order valence-electron chi connectivity index (χ1n) is 4.13. The number of hydrogen-bond donors (Lipinski definition) is 2. The maximum Gasteiger partial charge on any atom is 0.218 e. The number of phenols is 1. The number of phenolic OH excluding ortho intramolecular Hbond substituents is 1. The molecule has 0 fully saturated rings. The lowest BCUT2D eigenvalue weighted by molar-refractivity contribution is 0.475. The molecule has 2 rings (SSSR count). The third kappa shape index (κ3) is 1.39. The van der Waals surface area contributed by atoms with Gasteiger partial charge in [-0.05, 0) is 12.1 Å². The van der Waals surface area contributed by atoms with E-state index >= 15 is 0 Å². The van der Waals surface area contributed by atoms with Crippen LogP contribution in [0.3, 0.4) is 0 Å². The summed E-state index contributed by atoms with van der Waals surface area (Å²) in [6.45, 7) is 0. The highest BCUT2D eigenvalue weighted by Crippen LogP contribution is 2.20. The van der Waals surface area contributed by atoms with Crippen LogP contribution in [0.15, 0.2) is 24.3 Å². The van der Waals surface area contributed by atoms with Gasteiger partial charge in [-0.2, -0.15) is 4.98 Å². The summed E-state index contributed by atoms with van der Waals surface area (Å²) in [7, 11) is 1.72. The van der Waals surface area contributed by atoms with Crippen LogP contribution in [0.4, 0.5) is 5.95 Å². The standard InChI is InChI=1S/C9H10N4O/c1-13-9(10)11-8(12-13)6-3-2-4-7(14)5-6/h2-5,14H,1H3,(H2,10,11,12). The van der Waals surface area contributed by atoms with Crippen molar-refractivity contribution in [2.75, 3.05) is 5.73 Å². The van der Waals surface area contributed by atoms with Crippen LogP contribution < -0.4 is 5.73 Å². The molecule has 5 nitrogen and oxygen atoms in total. The second kappa shape index (κ2) is 3.02. The number of aryl methyl sites for hydroxylation is 1. The van der Waals surface area contributed by atoms with E-state index in [0.717, 1.165) is 5.56 Å². The van der Waals surface area contributed by atoms with Gasteiger partial charge in [0, 0.05) is 12.6 Å². The van der Waals surface area contributed by atoms with Gasteiger partial charge < -0.3 is 10.8 Å². The molecule has 14 heavy (non-hydrogen) atoms. The number of rotatable bonds is 1. The largest absolute Gasteiger partial charge is 0.508 e. The number of benzene rings is 1. The van der Waals surface area contributed by atoms with Crippen molar-refractivity contribution in [3.05, 3.63) is 24.3 Å². The zero-order valence-electron chi connectivity index (χ0n) is 7.68. The van der Waals surface area contributed by atoms with Crippen molar-refractivity contribution in [2.24, 2.45) is 7.05 Å². The second-order valence-corrected chi connectivity index (χ2v) is 2.97. The van der Waals surface area contributed by atoms with Gasteiger partial charge in [-0.25, -0.2) is 4.68 Å². The molecule has 1 heterocycles. The monoisotopic (exact) mass is 190 g/mol. The van der Waals surface area contributed by atoms with Crippen LogP contribution in [0.2, 0.25) is 0 Å². The van der Waals surface area contributed by atoms with Crippen molar-refractivity contribution < 1.29 is 5.11 Å². The number of anilines is 1. The van der Waals surface area contributed by atoms with E-state index in [1.54, 1.807) is 25.2 Å². The predicted octanol–water partition coefficient (Wildman–Crippen LogP) is 0.770. The molecular formula is C9H10N4O. The van der Waals surface area contributed by atoms with Crippen molar-refractivity contribution in [3.63, 3.8) is 0 Å². The first kappa shape index (κ1) is 8.55. The van der Waals surface area contributed by atoms with Crippen molar-refractivity contribution in [3.8, 4) is 17.1 Å². The van der Waals surface area contributed by atoms with E-state index in [1.807, 2.05) is 6.07 Å². The number of nitrogens with two attached hydrogens (primary N) is 1. The summed E-state index contributed by atoms with van der Waals surface area (Å²) >= 11 is 0. The summed E-state index contributed by atoms with van der Waals surface area (Å²) in [4.78, 5) is 4.04. The van der Waals surface area contributed by atoms with E-state index in [0.29, 0.717) is 11.8 Å². The molecule has 0 aliphatic heterocycles. The van der Waals surface area contributed by atoms with Gasteiger partial charge in [0.1, 0.15) is 5.75 Å². The SMILES string of the molecule is Cn1nc(-c2cccc(O)c2)nc1N. The zero-order valence-corrected chi connectivity index (χ0v) is 7.68. The van der Waals surface area contributed by atoms with Crippen molar-refractivity contribution in [1.29, 1.82) is 0 Å².